The molecule has 1 amide bonds. The molecular formula is C21H21FN2O2S. The SMILES string of the molecule is CC(C)[C@H](NC(=O)CSc1ncc(-c2ccccc2)o1)c1ccc(F)cc1. The molecular weight excluding hydrogens is 363 g/mol. The number of nitrogens with zero attached hydrogens (tertiary/aromatic N) is 1. The van der Waals surface area contributed by atoms with Crippen LogP contribution in [0.2, 0.25) is 0 Å². The summed E-state index contributed by atoms with van der Waals surface area (Å²) in [5.41, 5.74) is 1.82. The van der Waals surface area contributed by atoms with Crippen LogP contribution in [-0.2, 0) is 4.79 Å². The predicted octanol–water partition coefficient (Wildman–Crippen LogP) is 5.09. The van der Waals surface area contributed by atoms with Gasteiger partial charge in [0.05, 0.1) is 18.0 Å². The first-order chi connectivity index (χ1) is 13.0. The van der Waals surface area contributed by atoms with E-state index in [1.807, 2.05) is 44.2 Å². The fourth-order valence-electron chi connectivity index (χ4n) is 2.71. The van der Waals surface area contributed by atoms with Crippen molar-refractivity contribution in [2.24, 2.45) is 5.92 Å². The standard InChI is InChI=1S/C21H21FN2O2S/c1-14(2)20(16-8-10-17(22)11-9-16)24-19(25)13-27-21-23-12-18(26-21)15-6-4-3-5-7-15/h3-12,14,20H,13H2,1-2H3,(H,24,25)/t20-/m0/s1. The van der Waals surface area contributed by atoms with Crippen molar-refractivity contribution < 1.29 is 13.6 Å². The third-order valence-corrected chi connectivity index (χ3v) is 4.92. The van der Waals surface area contributed by atoms with Crippen molar-refractivity contribution in [2.75, 3.05) is 5.75 Å². The first kappa shape index (κ1) is 19.2. The molecule has 0 aliphatic rings. The number of hydrogen-bond acceptors (Lipinski definition) is 4. The van der Waals surface area contributed by atoms with Gasteiger partial charge in [0.1, 0.15) is 5.82 Å². The summed E-state index contributed by atoms with van der Waals surface area (Å²) < 4.78 is 18.8. The number of rotatable bonds is 7. The molecule has 0 saturated carbocycles. The number of oxazole rings is 1. The highest BCUT2D eigenvalue weighted by Crippen LogP contribution is 2.26. The molecule has 140 valence electrons. The minimum absolute atomic E-state index is 0.123. The van der Waals surface area contributed by atoms with Crippen LogP contribution >= 0.6 is 11.8 Å². The highest BCUT2D eigenvalue weighted by atomic mass is 32.2. The van der Waals surface area contributed by atoms with Gasteiger partial charge >= 0.3 is 0 Å². The minimum Gasteiger partial charge on any atom is -0.431 e. The number of hydrogen-bond donors (Lipinski definition) is 1. The van der Waals surface area contributed by atoms with Gasteiger partial charge in [-0.15, -0.1) is 0 Å². The lowest BCUT2D eigenvalue weighted by Gasteiger charge is -2.22. The second-order valence-electron chi connectivity index (χ2n) is 6.49. The summed E-state index contributed by atoms with van der Waals surface area (Å²) in [5.74, 6) is 0.628. The van der Waals surface area contributed by atoms with Crippen LogP contribution in [0.3, 0.4) is 0 Å². The first-order valence-corrected chi connectivity index (χ1v) is 9.70. The number of carbonyl (C=O) groups is 1. The molecule has 0 radical (unpaired) electrons. The van der Waals surface area contributed by atoms with Gasteiger partial charge in [-0.1, -0.05) is 68.1 Å². The van der Waals surface area contributed by atoms with Crippen LogP contribution in [0.4, 0.5) is 4.39 Å². The highest BCUT2D eigenvalue weighted by molar-refractivity contribution is 7.99. The smallest absolute Gasteiger partial charge is 0.256 e. The van der Waals surface area contributed by atoms with Crippen molar-refractivity contribution in [3.63, 3.8) is 0 Å². The Labute approximate surface area is 162 Å². The average Bonchev–Trinajstić information content (AvgIpc) is 3.15. The van der Waals surface area contributed by atoms with Gasteiger partial charge in [-0.2, -0.15) is 0 Å². The summed E-state index contributed by atoms with van der Waals surface area (Å²) in [6, 6.07) is 15.7. The molecule has 1 heterocycles. The Bertz CT molecular complexity index is 879. The van der Waals surface area contributed by atoms with Crippen molar-refractivity contribution in [3.8, 4) is 11.3 Å². The predicted molar refractivity (Wildman–Crippen MR) is 105 cm³/mol. The topological polar surface area (TPSA) is 55.1 Å². The number of amides is 1. The van der Waals surface area contributed by atoms with Crippen molar-refractivity contribution in [2.45, 2.75) is 25.1 Å². The molecule has 0 aliphatic heterocycles. The van der Waals surface area contributed by atoms with Crippen molar-refractivity contribution in [1.29, 1.82) is 0 Å². The van der Waals surface area contributed by atoms with Crippen molar-refractivity contribution in [1.82, 2.24) is 10.3 Å². The Hall–Kier alpha value is -2.60. The third kappa shape index (κ3) is 5.20. The first-order valence-electron chi connectivity index (χ1n) is 8.72. The Kier molecular flexibility index (Phi) is 6.29. The normalized spacial score (nSPS) is 12.1. The van der Waals surface area contributed by atoms with Gasteiger partial charge in [0.2, 0.25) is 5.91 Å². The lowest BCUT2D eigenvalue weighted by molar-refractivity contribution is -0.119. The molecule has 1 atom stereocenters. The number of thioether (sulfide) groups is 1. The van der Waals surface area contributed by atoms with E-state index in [-0.39, 0.29) is 29.4 Å². The van der Waals surface area contributed by atoms with Crippen molar-refractivity contribution >= 4 is 17.7 Å². The van der Waals surface area contributed by atoms with Gasteiger partial charge in [0, 0.05) is 5.56 Å². The van der Waals surface area contributed by atoms with Crippen molar-refractivity contribution in [3.05, 3.63) is 72.2 Å². The summed E-state index contributed by atoms with van der Waals surface area (Å²) in [5, 5.41) is 3.46. The molecule has 6 heteroatoms. The minimum atomic E-state index is -0.291. The molecule has 3 aromatic rings. The Morgan fingerprint density at radius 1 is 1.15 bits per heavy atom. The van der Waals surface area contributed by atoms with Crippen LogP contribution in [0.1, 0.15) is 25.5 Å². The molecule has 1 N–H and O–H groups in total. The van der Waals surface area contributed by atoms with E-state index in [0.717, 1.165) is 11.1 Å². The highest BCUT2D eigenvalue weighted by Gasteiger charge is 2.19. The maximum Gasteiger partial charge on any atom is 0.256 e. The van der Waals surface area contributed by atoms with Crippen LogP contribution in [0.25, 0.3) is 11.3 Å². The van der Waals surface area contributed by atoms with Gasteiger partial charge in [0.25, 0.3) is 5.22 Å². The zero-order valence-electron chi connectivity index (χ0n) is 15.2. The van der Waals surface area contributed by atoms with E-state index >= 15 is 0 Å². The molecule has 0 bridgehead atoms. The van der Waals surface area contributed by atoms with Gasteiger partial charge < -0.3 is 9.73 Å². The van der Waals surface area contributed by atoms with E-state index in [0.29, 0.717) is 11.0 Å². The van der Waals surface area contributed by atoms with E-state index in [4.69, 9.17) is 4.42 Å². The molecule has 0 aliphatic carbocycles. The number of benzene rings is 2. The quantitative estimate of drug-likeness (QED) is 0.577. The Morgan fingerprint density at radius 3 is 2.52 bits per heavy atom. The number of halogens is 1. The third-order valence-electron chi connectivity index (χ3n) is 4.08. The summed E-state index contributed by atoms with van der Waals surface area (Å²) in [7, 11) is 0. The van der Waals surface area contributed by atoms with E-state index in [1.165, 1.54) is 23.9 Å². The van der Waals surface area contributed by atoms with Crippen LogP contribution in [0.5, 0.6) is 0 Å². The molecule has 0 saturated heterocycles. The number of nitrogens with one attached hydrogen (secondary N) is 1. The van der Waals surface area contributed by atoms with Gasteiger partial charge in [-0.3, -0.25) is 4.79 Å². The number of carbonyl (C=O) groups excluding carboxylic acids is 1. The molecule has 1 aromatic heterocycles. The molecule has 4 nitrogen and oxygen atoms in total. The van der Waals surface area contributed by atoms with Crippen LogP contribution in [0, 0.1) is 11.7 Å². The van der Waals surface area contributed by atoms with Crippen LogP contribution < -0.4 is 5.32 Å². The van der Waals surface area contributed by atoms with E-state index < -0.39 is 0 Å². The zero-order valence-corrected chi connectivity index (χ0v) is 16.0. The fraction of sp³-hybridized carbons (Fsp3) is 0.238. The lowest BCUT2D eigenvalue weighted by Crippen LogP contribution is -2.33. The lowest BCUT2D eigenvalue weighted by atomic mass is 9.96. The molecule has 0 unspecified atom stereocenters. The largest absolute Gasteiger partial charge is 0.431 e. The van der Waals surface area contributed by atoms with E-state index in [2.05, 4.69) is 10.3 Å². The molecule has 0 fully saturated rings. The molecule has 3 rings (SSSR count). The maximum atomic E-state index is 13.1. The van der Waals surface area contributed by atoms with Gasteiger partial charge in [-0.05, 0) is 23.6 Å². The maximum absolute atomic E-state index is 13.1. The van der Waals surface area contributed by atoms with Gasteiger partial charge in [0.15, 0.2) is 5.76 Å². The van der Waals surface area contributed by atoms with E-state index in [1.54, 1.807) is 18.3 Å². The van der Waals surface area contributed by atoms with Crippen LogP contribution in [-0.4, -0.2) is 16.6 Å². The average molecular weight is 384 g/mol. The fourth-order valence-corrected chi connectivity index (χ4v) is 3.32. The van der Waals surface area contributed by atoms with Crippen LogP contribution in [0.15, 0.2) is 70.4 Å². The zero-order chi connectivity index (χ0) is 19.2. The Balaban J connectivity index is 1.58. The summed E-state index contributed by atoms with van der Waals surface area (Å²) in [6.07, 6.45) is 1.66. The Morgan fingerprint density at radius 2 is 1.85 bits per heavy atom. The van der Waals surface area contributed by atoms with E-state index in [9.17, 15) is 9.18 Å². The second kappa shape index (κ2) is 8.86. The summed E-state index contributed by atoms with van der Waals surface area (Å²) in [6.45, 7) is 4.03. The number of aromatic nitrogens is 1. The molecule has 2 aromatic carbocycles. The van der Waals surface area contributed by atoms with Gasteiger partial charge in [-0.25, -0.2) is 9.37 Å². The summed E-state index contributed by atoms with van der Waals surface area (Å²) in [4.78, 5) is 16.6. The molecule has 27 heavy (non-hydrogen) atoms. The molecule has 0 spiro atoms. The monoisotopic (exact) mass is 384 g/mol. The summed E-state index contributed by atoms with van der Waals surface area (Å²) >= 11 is 1.25. The second-order valence-corrected chi connectivity index (χ2v) is 7.41.